The Bertz CT molecular complexity index is 239. The monoisotopic (exact) mass is 295 g/mol. The Morgan fingerprint density at radius 1 is 1.15 bits per heavy atom. The molecule has 13 heavy (non-hydrogen) atoms. The standard InChI is InChI=1S/C10H15.2ClH.Zr/c1-7-6-10(4,5)9(3)8(7)2;;;/h1-5H3;2*1H;/q-1;;;+2/p-2. The van der Waals surface area contributed by atoms with E-state index in [1.807, 2.05) is 0 Å². The van der Waals surface area contributed by atoms with Crippen LogP contribution in [0.1, 0.15) is 34.6 Å². The summed E-state index contributed by atoms with van der Waals surface area (Å²) in [6.45, 7) is 10.9. The molecule has 0 unspecified atom stereocenters. The Hall–Kier alpha value is 0.943. The third kappa shape index (κ3) is 3.90. The fraction of sp³-hybridized carbons (Fsp3) is 0.600. The maximum absolute atomic E-state index is 4.93. The van der Waals surface area contributed by atoms with E-state index < -0.39 is 20.8 Å². The van der Waals surface area contributed by atoms with Gasteiger partial charge in [-0.15, -0.1) is 6.92 Å². The Kier molecular flexibility index (Phi) is 6.15. The van der Waals surface area contributed by atoms with E-state index in [9.17, 15) is 0 Å². The van der Waals surface area contributed by atoms with Crippen molar-refractivity contribution in [2.45, 2.75) is 34.6 Å². The summed E-state index contributed by atoms with van der Waals surface area (Å²) in [6, 6.07) is 0. The first-order chi connectivity index (χ1) is 5.86. The van der Waals surface area contributed by atoms with Crippen LogP contribution in [0.5, 0.6) is 0 Å². The van der Waals surface area contributed by atoms with Gasteiger partial charge in [-0.25, -0.2) is 5.57 Å². The molecule has 0 N–H and O–H groups in total. The maximum atomic E-state index is 4.93. The van der Waals surface area contributed by atoms with Crippen LogP contribution in [0.4, 0.5) is 0 Å². The van der Waals surface area contributed by atoms with Gasteiger partial charge in [0.25, 0.3) is 0 Å². The van der Waals surface area contributed by atoms with Gasteiger partial charge in [0.1, 0.15) is 0 Å². The molecule has 0 atom stereocenters. The molecule has 0 saturated carbocycles. The number of allylic oxidation sites excluding steroid dienone is 4. The van der Waals surface area contributed by atoms with E-state index in [1.54, 1.807) is 0 Å². The van der Waals surface area contributed by atoms with Gasteiger partial charge in [-0.05, 0) is 0 Å². The molecule has 1 rings (SSSR count). The number of hydrogen-bond acceptors (Lipinski definition) is 0. The average Bonchev–Trinajstić information content (AvgIpc) is 2.16. The van der Waals surface area contributed by atoms with Crippen LogP contribution in [-0.2, 0) is 20.8 Å². The van der Waals surface area contributed by atoms with E-state index >= 15 is 0 Å². The Labute approximate surface area is 100 Å². The molecule has 0 heterocycles. The van der Waals surface area contributed by atoms with Crippen LogP contribution in [0.3, 0.4) is 0 Å². The molecule has 0 radical (unpaired) electrons. The molecular weight excluding hydrogens is 282 g/mol. The van der Waals surface area contributed by atoms with Gasteiger partial charge in [0.05, 0.1) is 0 Å². The van der Waals surface area contributed by atoms with Crippen molar-refractivity contribution >= 4 is 17.0 Å². The number of hydrogen-bond donors (Lipinski definition) is 0. The van der Waals surface area contributed by atoms with Crippen molar-refractivity contribution in [3.8, 4) is 0 Å². The second-order valence-corrected chi connectivity index (χ2v) is 7.43. The number of halogens is 2. The summed E-state index contributed by atoms with van der Waals surface area (Å²) in [5.41, 5.74) is 4.39. The molecule has 0 saturated heterocycles. The normalized spacial score (nSPS) is 19.2. The predicted octanol–water partition coefficient (Wildman–Crippen LogP) is 4.49. The molecule has 74 valence electrons. The van der Waals surface area contributed by atoms with Crippen molar-refractivity contribution in [1.29, 1.82) is 0 Å². The van der Waals surface area contributed by atoms with E-state index in [-0.39, 0.29) is 5.41 Å². The second kappa shape index (κ2) is 5.73. The van der Waals surface area contributed by atoms with Crippen LogP contribution >= 0.6 is 17.0 Å². The summed E-state index contributed by atoms with van der Waals surface area (Å²) in [4.78, 5) is 0. The summed E-state index contributed by atoms with van der Waals surface area (Å²) in [5.74, 6) is 0. The van der Waals surface area contributed by atoms with Crippen LogP contribution in [0.2, 0.25) is 0 Å². The molecule has 0 amide bonds. The SMILES string of the molecule is CC1=[C-]C(C)(C)C(C)=C1C.[Cl][Zr][Cl]. The molecule has 0 bridgehead atoms. The molecule has 3 heteroatoms. The van der Waals surface area contributed by atoms with Gasteiger partial charge < -0.3 is 0 Å². The van der Waals surface area contributed by atoms with Crippen molar-refractivity contribution in [3.05, 3.63) is 22.8 Å². The zero-order chi connectivity index (χ0) is 10.6. The second-order valence-electron chi connectivity index (χ2n) is 3.70. The van der Waals surface area contributed by atoms with Crippen molar-refractivity contribution in [2.24, 2.45) is 5.41 Å². The molecule has 0 aliphatic heterocycles. The van der Waals surface area contributed by atoms with E-state index in [0.717, 1.165) is 0 Å². The Balaban J connectivity index is 0.000000424. The molecule has 0 aromatic rings. The summed E-state index contributed by atoms with van der Waals surface area (Å²) >= 11 is -0.826. The van der Waals surface area contributed by atoms with Gasteiger partial charge in [0.15, 0.2) is 0 Å². The van der Waals surface area contributed by atoms with Crippen molar-refractivity contribution in [2.75, 3.05) is 0 Å². The molecule has 1 aliphatic rings. The summed E-state index contributed by atoms with van der Waals surface area (Å²) < 4.78 is 0. The molecule has 0 aromatic heterocycles. The van der Waals surface area contributed by atoms with Gasteiger partial charge in [-0.3, -0.25) is 6.08 Å². The summed E-state index contributed by atoms with van der Waals surface area (Å²) in [7, 11) is 9.87. The van der Waals surface area contributed by atoms with Gasteiger partial charge in [0.2, 0.25) is 0 Å². The minimum atomic E-state index is -0.826. The van der Waals surface area contributed by atoms with E-state index in [1.165, 1.54) is 16.7 Å². The molecule has 1 aliphatic carbocycles. The van der Waals surface area contributed by atoms with Crippen LogP contribution in [0.25, 0.3) is 0 Å². The third-order valence-corrected chi connectivity index (χ3v) is 2.56. The van der Waals surface area contributed by atoms with Crippen molar-refractivity contribution in [3.63, 3.8) is 0 Å². The Morgan fingerprint density at radius 3 is 1.62 bits per heavy atom. The molecule has 0 aromatic carbocycles. The number of rotatable bonds is 0. The summed E-state index contributed by atoms with van der Waals surface area (Å²) in [6.07, 6.45) is 3.44. The molecule has 0 spiro atoms. The van der Waals surface area contributed by atoms with Crippen LogP contribution in [0.15, 0.2) is 16.7 Å². The topological polar surface area (TPSA) is 0 Å². The molecule has 0 fully saturated rings. The first kappa shape index (κ1) is 13.9. The zero-order valence-electron chi connectivity index (χ0n) is 8.76. The first-order valence-electron chi connectivity index (χ1n) is 4.13. The van der Waals surface area contributed by atoms with Gasteiger partial charge in [0, 0.05) is 0 Å². The fourth-order valence-corrected chi connectivity index (χ4v) is 1.41. The van der Waals surface area contributed by atoms with Crippen LogP contribution < -0.4 is 0 Å². The predicted molar refractivity (Wildman–Crippen MR) is 56.3 cm³/mol. The Morgan fingerprint density at radius 2 is 1.54 bits per heavy atom. The van der Waals surface area contributed by atoms with Gasteiger partial charge in [-0.2, -0.15) is 11.1 Å². The van der Waals surface area contributed by atoms with Crippen LogP contribution in [-0.4, -0.2) is 0 Å². The quantitative estimate of drug-likeness (QED) is 0.578. The van der Waals surface area contributed by atoms with Gasteiger partial charge >= 0.3 is 37.9 Å². The fourth-order valence-electron chi connectivity index (χ4n) is 1.41. The van der Waals surface area contributed by atoms with Crippen molar-refractivity contribution < 1.29 is 20.8 Å². The summed E-state index contributed by atoms with van der Waals surface area (Å²) in [5, 5.41) is 0. The van der Waals surface area contributed by atoms with E-state index in [0.29, 0.717) is 0 Å². The average molecular weight is 297 g/mol. The van der Waals surface area contributed by atoms with E-state index in [2.05, 4.69) is 40.7 Å². The third-order valence-electron chi connectivity index (χ3n) is 2.56. The molecular formula is C10H15Cl2Zr-. The first-order valence-corrected chi connectivity index (χ1v) is 10.5. The zero-order valence-corrected chi connectivity index (χ0v) is 12.7. The van der Waals surface area contributed by atoms with Gasteiger partial charge in [-0.1, -0.05) is 33.1 Å². The minimum absolute atomic E-state index is 0.189. The van der Waals surface area contributed by atoms with E-state index in [4.69, 9.17) is 17.0 Å². The molecule has 0 nitrogen and oxygen atoms in total. The van der Waals surface area contributed by atoms with Crippen LogP contribution in [0, 0.1) is 11.5 Å². The van der Waals surface area contributed by atoms with Crippen molar-refractivity contribution in [1.82, 2.24) is 0 Å².